The molecular formula is C17H26N6O2S. The Balaban J connectivity index is 1.79. The van der Waals surface area contributed by atoms with Gasteiger partial charge in [0.2, 0.25) is 10.0 Å². The minimum Gasteiger partial charge on any atom is -0.357 e. The van der Waals surface area contributed by atoms with Gasteiger partial charge in [-0.3, -0.25) is 4.99 Å². The highest BCUT2D eigenvalue weighted by Gasteiger charge is 2.01. The van der Waals surface area contributed by atoms with Crippen molar-refractivity contribution < 1.29 is 8.42 Å². The average Bonchev–Trinajstić information content (AvgIpc) is 3.13. The molecule has 9 heteroatoms. The third kappa shape index (κ3) is 7.24. The summed E-state index contributed by atoms with van der Waals surface area (Å²) < 4.78 is 26.3. The van der Waals surface area contributed by atoms with Crippen LogP contribution in [-0.2, 0) is 16.4 Å². The number of guanidine groups is 1. The molecule has 0 spiro atoms. The second kappa shape index (κ2) is 9.93. The van der Waals surface area contributed by atoms with E-state index in [4.69, 9.17) is 0 Å². The summed E-state index contributed by atoms with van der Waals surface area (Å²) in [5.74, 6) is 0.677. The van der Waals surface area contributed by atoms with Crippen molar-refractivity contribution in [2.24, 2.45) is 4.99 Å². The number of benzene rings is 1. The summed E-state index contributed by atoms with van der Waals surface area (Å²) >= 11 is 0. The topological polar surface area (TPSA) is 100 Å². The van der Waals surface area contributed by atoms with Gasteiger partial charge in [0.05, 0.1) is 18.5 Å². The van der Waals surface area contributed by atoms with Crippen LogP contribution in [0.2, 0.25) is 0 Å². The van der Waals surface area contributed by atoms with E-state index in [0.29, 0.717) is 12.5 Å². The van der Waals surface area contributed by atoms with Gasteiger partial charge in [0.25, 0.3) is 0 Å². The van der Waals surface area contributed by atoms with Crippen LogP contribution in [0.1, 0.15) is 12.5 Å². The van der Waals surface area contributed by atoms with Crippen LogP contribution in [0.25, 0.3) is 5.69 Å². The van der Waals surface area contributed by atoms with Gasteiger partial charge in [-0.25, -0.2) is 17.8 Å². The van der Waals surface area contributed by atoms with Gasteiger partial charge in [-0.2, -0.15) is 5.10 Å². The van der Waals surface area contributed by atoms with Crippen LogP contribution in [0, 0.1) is 0 Å². The number of nitrogens with one attached hydrogen (secondary N) is 3. The summed E-state index contributed by atoms with van der Waals surface area (Å²) in [5.41, 5.74) is 2.24. The van der Waals surface area contributed by atoms with E-state index in [-0.39, 0.29) is 6.54 Å². The van der Waals surface area contributed by atoms with Crippen molar-refractivity contribution in [1.29, 1.82) is 0 Å². The number of hydrogen-bond acceptors (Lipinski definition) is 4. The van der Waals surface area contributed by atoms with E-state index in [2.05, 4.69) is 37.6 Å². The Bertz CT molecular complexity index is 785. The number of nitrogens with zero attached hydrogens (tertiary/aromatic N) is 3. The molecule has 2 rings (SSSR count). The van der Waals surface area contributed by atoms with Crippen LogP contribution in [0.4, 0.5) is 0 Å². The molecule has 2 aromatic rings. The molecule has 142 valence electrons. The predicted octanol–water partition coefficient (Wildman–Crippen LogP) is 0.519. The molecule has 8 nitrogen and oxygen atoms in total. The van der Waals surface area contributed by atoms with Gasteiger partial charge >= 0.3 is 0 Å². The summed E-state index contributed by atoms with van der Waals surface area (Å²) in [5, 5.41) is 10.6. The molecule has 0 aliphatic carbocycles. The summed E-state index contributed by atoms with van der Waals surface area (Å²) in [6, 6.07) is 10.1. The van der Waals surface area contributed by atoms with Gasteiger partial charge in [0.1, 0.15) is 0 Å². The lowest BCUT2D eigenvalue weighted by atomic mass is 10.1. The van der Waals surface area contributed by atoms with Crippen LogP contribution < -0.4 is 15.4 Å². The molecule has 3 N–H and O–H groups in total. The van der Waals surface area contributed by atoms with Crippen molar-refractivity contribution in [3.8, 4) is 5.69 Å². The number of rotatable bonds is 9. The molecule has 0 saturated carbocycles. The van der Waals surface area contributed by atoms with Crippen LogP contribution in [-0.4, -0.2) is 56.6 Å². The molecule has 0 amide bonds. The van der Waals surface area contributed by atoms with Crippen LogP contribution in [0.5, 0.6) is 0 Å². The van der Waals surface area contributed by atoms with E-state index in [1.54, 1.807) is 6.20 Å². The Labute approximate surface area is 154 Å². The highest BCUT2D eigenvalue weighted by molar-refractivity contribution is 7.88. The molecule has 0 saturated heterocycles. The average molecular weight is 379 g/mol. The third-order valence-electron chi connectivity index (χ3n) is 3.50. The van der Waals surface area contributed by atoms with Crippen molar-refractivity contribution in [3.05, 3.63) is 48.3 Å². The van der Waals surface area contributed by atoms with Crippen molar-refractivity contribution in [3.63, 3.8) is 0 Å². The molecule has 0 fully saturated rings. The quantitative estimate of drug-likeness (QED) is 0.336. The first-order valence-electron chi connectivity index (χ1n) is 8.53. The fraction of sp³-hybridized carbons (Fsp3) is 0.412. The van der Waals surface area contributed by atoms with E-state index in [1.165, 1.54) is 5.56 Å². The zero-order valence-electron chi connectivity index (χ0n) is 15.1. The van der Waals surface area contributed by atoms with Crippen molar-refractivity contribution in [2.45, 2.75) is 13.3 Å². The van der Waals surface area contributed by atoms with Crippen LogP contribution in [0.15, 0.2) is 47.7 Å². The lowest BCUT2D eigenvalue weighted by Crippen LogP contribution is -2.39. The molecule has 0 radical (unpaired) electrons. The van der Waals surface area contributed by atoms with Gasteiger partial charge in [0, 0.05) is 32.0 Å². The number of hydrogen-bond donors (Lipinski definition) is 3. The first kappa shape index (κ1) is 19.9. The molecule has 0 aliphatic rings. The minimum absolute atomic E-state index is 0.282. The Kier molecular flexibility index (Phi) is 7.61. The van der Waals surface area contributed by atoms with Gasteiger partial charge in [-0.15, -0.1) is 0 Å². The SMILES string of the molecule is CCNC(=NCCNS(C)(=O)=O)NCCc1ccc(-n2cccn2)cc1. The molecule has 26 heavy (non-hydrogen) atoms. The fourth-order valence-corrected chi connectivity index (χ4v) is 2.76. The lowest BCUT2D eigenvalue weighted by molar-refractivity contribution is 0.588. The highest BCUT2D eigenvalue weighted by atomic mass is 32.2. The van der Waals surface area contributed by atoms with Crippen molar-refractivity contribution in [1.82, 2.24) is 25.1 Å². The first-order valence-corrected chi connectivity index (χ1v) is 10.4. The van der Waals surface area contributed by atoms with Gasteiger partial charge in [0.15, 0.2) is 5.96 Å². The number of aromatic nitrogens is 2. The van der Waals surface area contributed by atoms with E-state index < -0.39 is 10.0 Å². The van der Waals surface area contributed by atoms with Gasteiger partial charge < -0.3 is 10.6 Å². The zero-order chi connectivity index (χ0) is 18.8. The lowest BCUT2D eigenvalue weighted by Gasteiger charge is -2.11. The standard InChI is InChI=1S/C17H26N6O2S/c1-3-18-17(20-12-13-22-26(2,24)25)19-11-9-15-5-7-16(8-6-15)23-14-4-10-21-23/h4-8,10,14,22H,3,9,11-13H2,1-2H3,(H2,18,19,20). The second-order valence-corrected chi connectivity index (χ2v) is 7.55. The Morgan fingerprint density at radius 2 is 1.96 bits per heavy atom. The first-order chi connectivity index (χ1) is 12.5. The Morgan fingerprint density at radius 3 is 2.58 bits per heavy atom. The largest absolute Gasteiger partial charge is 0.357 e. The van der Waals surface area contributed by atoms with E-state index in [1.807, 2.05) is 36.0 Å². The summed E-state index contributed by atoms with van der Waals surface area (Å²) in [4.78, 5) is 4.35. The van der Waals surface area contributed by atoms with Gasteiger partial charge in [-0.05, 0) is 37.1 Å². The van der Waals surface area contributed by atoms with Gasteiger partial charge in [-0.1, -0.05) is 12.1 Å². The smallest absolute Gasteiger partial charge is 0.208 e. The maximum atomic E-state index is 11.0. The number of aliphatic imine (C=N–C) groups is 1. The minimum atomic E-state index is -3.17. The molecule has 1 aromatic heterocycles. The maximum absolute atomic E-state index is 11.0. The zero-order valence-corrected chi connectivity index (χ0v) is 16.0. The summed E-state index contributed by atoms with van der Waals surface area (Å²) in [6.45, 7) is 4.11. The normalized spacial score (nSPS) is 12.2. The monoisotopic (exact) mass is 378 g/mol. The maximum Gasteiger partial charge on any atom is 0.208 e. The van der Waals surface area contributed by atoms with Crippen molar-refractivity contribution >= 4 is 16.0 Å². The highest BCUT2D eigenvalue weighted by Crippen LogP contribution is 2.08. The summed E-state index contributed by atoms with van der Waals surface area (Å²) in [6.07, 6.45) is 5.66. The molecule has 0 atom stereocenters. The third-order valence-corrected chi connectivity index (χ3v) is 4.23. The second-order valence-electron chi connectivity index (χ2n) is 5.72. The number of sulfonamides is 1. The van der Waals surface area contributed by atoms with Crippen LogP contribution in [0.3, 0.4) is 0 Å². The molecule has 0 unspecified atom stereocenters. The Morgan fingerprint density at radius 1 is 1.19 bits per heavy atom. The summed E-state index contributed by atoms with van der Waals surface area (Å²) in [7, 11) is -3.17. The Hall–Kier alpha value is -2.39. The predicted molar refractivity (Wildman–Crippen MR) is 104 cm³/mol. The molecule has 0 aliphatic heterocycles. The molecule has 0 bridgehead atoms. The van der Waals surface area contributed by atoms with E-state index in [0.717, 1.165) is 31.5 Å². The molecular weight excluding hydrogens is 352 g/mol. The molecule has 1 heterocycles. The van der Waals surface area contributed by atoms with Crippen LogP contribution >= 0.6 is 0 Å². The van der Waals surface area contributed by atoms with E-state index in [9.17, 15) is 8.42 Å². The van der Waals surface area contributed by atoms with Crippen molar-refractivity contribution in [2.75, 3.05) is 32.4 Å². The fourth-order valence-electron chi connectivity index (χ4n) is 2.30. The van der Waals surface area contributed by atoms with E-state index >= 15 is 0 Å². The molecule has 1 aromatic carbocycles.